The Morgan fingerprint density at radius 3 is 2.67 bits per heavy atom. The van der Waals surface area contributed by atoms with E-state index in [9.17, 15) is 24.1 Å². The number of ether oxygens (including phenoxy) is 1. The molecule has 0 saturated carbocycles. The Kier molecular flexibility index (Phi) is 2.98. The van der Waals surface area contributed by atoms with E-state index in [2.05, 4.69) is 4.74 Å². The van der Waals surface area contributed by atoms with Gasteiger partial charge in [-0.25, -0.2) is 0 Å². The predicted octanol–water partition coefficient (Wildman–Crippen LogP) is 1.14. The Balaban J connectivity index is 3.17. The van der Waals surface area contributed by atoms with E-state index in [0.29, 0.717) is 6.07 Å². The molecule has 0 aliphatic heterocycles. The van der Waals surface area contributed by atoms with Gasteiger partial charge in [-0.05, 0) is 6.92 Å². The minimum Gasteiger partial charge on any atom is -0.616 e. The number of halogens is 2. The summed E-state index contributed by atoms with van der Waals surface area (Å²) in [6, 6.07) is 0.661. The molecule has 0 saturated heterocycles. The molecule has 0 radical (unpaired) electrons. The van der Waals surface area contributed by atoms with Gasteiger partial charge in [-0.3, -0.25) is 10.1 Å². The van der Waals surface area contributed by atoms with E-state index < -0.39 is 23.1 Å². The fourth-order valence-corrected chi connectivity index (χ4v) is 0.974. The highest BCUT2D eigenvalue weighted by Crippen LogP contribution is 2.20. The van der Waals surface area contributed by atoms with Crippen LogP contribution in [-0.2, 0) is 0 Å². The van der Waals surface area contributed by atoms with Crippen molar-refractivity contribution in [2.75, 3.05) is 0 Å². The first-order chi connectivity index (χ1) is 6.91. The average Bonchev–Trinajstić information content (AvgIpc) is 2.08. The van der Waals surface area contributed by atoms with Gasteiger partial charge in [0.1, 0.15) is 6.07 Å². The largest absolute Gasteiger partial charge is 0.616 e. The first kappa shape index (κ1) is 11.1. The van der Waals surface area contributed by atoms with Gasteiger partial charge in [0, 0.05) is 0 Å². The second-order valence-electron chi connectivity index (χ2n) is 2.64. The number of hydrogen-bond acceptors (Lipinski definition) is 4. The van der Waals surface area contributed by atoms with Gasteiger partial charge in [-0.15, -0.1) is 4.73 Å². The summed E-state index contributed by atoms with van der Waals surface area (Å²) >= 11 is 0. The number of rotatable bonds is 3. The average molecular weight is 220 g/mol. The quantitative estimate of drug-likeness (QED) is 0.331. The number of nitro groups is 1. The van der Waals surface area contributed by atoms with Crippen molar-refractivity contribution in [2.24, 2.45) is 0 Å². The van der Waals surface area contributed by atoms with Crippen LogP contribution in [0.4, 0.5) is 14.5 Å². The van der Waals surface area contributed by atoms with E-state index in [-0.39, 0.29) is 10.3 Å². The summed E-state index contributed by atoms with van der Waals surface area (Å²) in [5, 5.41) is 21.4. The molecular weight excluding hydrogens is 214 g/mol. The third-order valence-corrected chi connectivity index (χ3v) is 1.60. The number of hydrogen-bond donors (Lipinski definition) is 0. The topological polar surface area (TPSA) is 79.3 Å². The third kappa shape index (κ3) is 2.48. The van der Waals surface area contributed by atoms with Gasteiger partial charge in [0.05, 0.1) is 10.5 Å². The van der Waals surface area contributed by atoms with E-state index in [4.69, 9.17) is 0 Å². The number of pyridine rings is 1. The molecule has 1 heterocycles. The molecule has 6 nitrogen and oxygen atoms in total. The van der Waals surface area contributed by atoms with Crippen LogP contribution in [0.15, 0.2) is 12.3 Å². The molecule has 1 aromatic rings. The van der Waals surface area contributed by atoms with E-state index in [0.717, 1.165) is 6.20 Å². The van der Waals surface area contributed by atoms with E-state index in [1.807, 2.05) is 0 Å². The molecule has 0 aromatic carbocycles. The Hall–Kier alpha value is -1.99. The van der Waals surface area contributed by atoms with Crippen LogP contribution < -0.4 is 9.47 Å². The van der Waals surface area contributed by atoms with Gasteiger partial charge in [0.15, 0.2) is 6.20 Å². The molecule has 0 aliphatic rings. The lowest BCUT2D eigenvalue weighted by atomic mass is 10.2. The lowest BCUT2D eigenvalue weighted by Crippen LogP contribution is -2.30. The fourth-order valence-electron chi connectivity index (χ4n) is 0.974. The standard InChI is InChI=1S/C7H6F2N2O4/c1-4-3-10(12)6(15-7(8)9)2-5(4)11(13)14/h2-3,7H,1H3. The minimum atomic E-state index is -3.20. The van der Waals surface area contributed by atoms with Crippen molar-refractivity contribution >= 4 is 5.69 Å². The van der Waals surface area contributed by atoms with Crippen LogP contribution in [0.3, 0.4) is 0 Å². The third-order valence-electron chi connectivity index (χ3n) is 1.60. The van der Waals surface area contributed by atoms with Crippen molar-refractivity contribution in [2.45, 2.75) is 13.5 Å². The van der Waals surface area contributed by atoms with Gasteiger partial charge in [-0.1, -0.05) is 0 Å². The second-order valence-corrected chi connectivity index (χ2v) is 2.64. The molecule has 0 N–H and O–H groups in total. The summed E-state index contributed by atoms with van der Waals surface area (Å²) in [6.07, 6.45) is 0.801. The van der Waals surface area contributed by atoms with E-state index >= 15 is 0 Å². The monoisotopic (exact) mass is 220 g/mol. The molecule has 0 bridgehead atoms. The van der Waals surface area contributed by atoms with Crippen molar-refractivity contribution in [3.05, 3.63) is 33.1 Å². The van der Waals surface area contributed by atoms with Crippen molar-refractivity contribution in [1.29, 1.82) is 0 Å². The maximum absolute atomic E-state index is 11.8. The molecule has 0 aliphatic carbocycles. The number of alkyl halides is 2. The normalized spacial score (nSPS) is 10.4. The second kappa shape index (κ2) is 4.03. The Morgan fingerprint density at radius 2 is 2.20 bits per heavy atom. The highest BCUT2D eigenvalue weighted by molar-refractivity contribution is 5.38. The zero-order valence-corrected chi connectivity index (χ0v) is 7.52. The maximum Gasteiger partial charge on any atom is 0.391 e. The SMILES string of the molecule is Cc1c[n+]([O-])c(OC(F)F)cc1[N+](=O)[O-]. The summed E-state index contributed by atoms with van der Waals surface area (Å²) in [5.74, 6) is -0.803. The van der Waals surface area contributed by atoms with Gasteiger partial charge in [-0.2, -0.15) is 8.78 Å². The minimum absolute atomic E-state index is 0.00843. The van der Waals surface area contributed by atoms with Crippen molar-refractivity contribution in [3.63, 3.8) is 0 Å². The van der Waals surface area contributed by atoms with Gasteiger partial charge >= 0.3 is 12.5 Å². The number of aromatic nitrogens is 1. The zero-order chi connectivity index (χ0) is 11.6. The van der Waals surface area contributed by atoms with Crippen molar-refractivity contribution in [1.82, 2.24) is 0 Å². The summed E-state index contributed by atoms with van der Waals surface area (Å²) < 4.78 is 27.4. The number of nitrogens with zero attached hydrogens (tertiary/aromatic N) is 2. The first-order valence-corrected chi connectivity index (χ1v) is 3.75. The summed E-state index contributed by atoms with van der Waals surface area (Å²) in [6.45, 7) is -1.88. The molecule has 0 atom stereocenters. The zero-order valence-electron chi connectivity index (χ0n) is 7.52. The highest BCUT2D eigenvalue weighted by atomic mass is 19.3. The maximum atomic E-state index is 11.8. The summed E-state index contributed by atoms with van der Waals surface area (Å²) in [4.78, 5) is 9.64. The van der Waals surface area contributed by atoms with Gasteiger partial charge < -0.3 is 9.94 Å². The first-order valence-electron chi connectivity index (χ1n) is 3.75. The lowest BCUT2D eigenvalue weighted by molar-refractivity contribution is -0.616. The molecule has 1 aromatic heterocycles. The lowest BCUT2D eigenvalue weighted by Gasteiger charge is -2.05. The van der Waals surface area contributed by atoms with Crippen LogP contribution in [-0.4, -0.2) is 11.5 Å². The van der Waals surface area contributed by atoms with Gasteiger partial charge in [0.25, 0.3) is 5.69 Å². The molecule has 82 valence electrons. The van der Waals surface area contributed by atoms with Crippen LogP contribution in [0.25, 0.3) is 0 Å². The van der Waals surface area contributed by atoms with E-state index in [1.54, 1.807) is 0 Å². The summed E-state index contributed by atoms with van der Waals surface area (Å²) in [5.41, 5.74) is -0.380. The van der Waals surface area contributed by atoms with Crippen LogP contribution >= 0.6 is 0 Å². The molecule has 0 spiro atoms. The molecule has 0 unspecified atom stereocenters. The van der Waals surface area contributed by atoms with E-state index in [1.165, 1.54) is 6.92 Å². The van der Waals surface area contributed by atoms with Crippen molar-refractivity contribution < 1.29 is 23.2 Å². The Morgan fingerprint density at radius 1 is 1.60 bits per heavy atom. The predicted molar refractivity (Wildman–Crippen MR) is 43.4 cm³/mol. The Labute approximate surface area is 82.4 Å². The molecule has 0 amide bonds. The highest BCUT2D eigenvalue weighted by Gasteiger charge is 2.22. The number of aryl methyl sites for hydroxylation is 1. The van der Waals surface area contributed by atoms with Crippen molar-refractivity contribution in [3.8, 4) is 5.88 Å². The van der Waals surface area contributed by atoms with Crippen LogP contribution in [0, 0.1) is 22.2 Å². The molecule has 1 rings (SSSR count). The summed E-state index contributed by atoms with van der Waals surface area (Å²) in [7, 11) is 0. The molecular formula is C7H6F2N2O4. The van der Waals surface area contributed by atoms with Gasteiger partial charge in [0.2, 0.25) is 0 Å². The molecule has 15 heavy (non-hydrogen) atoms. The Bertz CT molecular complexity index is 397. The van der Waals surface area contributed by atoms with Crippen LogP contribution in [0.1, 0.15) is 5.56 Å². The fraction of sp³-hybridized carbons (Fsp3) is 0.286. The molecule has 8 heteroatoms. The molecule has 0 fully saturated rings. The van der Waals surface area contributed by atoms with Crippen LogP contribution in [0.5, 0.6) is 5.88 Å². The smallest absolute Gasteiger partial charge is 0.391 e. The van der Waals surface area contributed by atoms with Crippen LogP contribution in [0.2, 0.25) is 0 Å².